The van der Waals surface area contributed by atoms with E-state index in [1.807, 2.05) is 0 Å². The van der Waals surface area contributed by atoms with E-state index in [1.165, 1.54) is 0 Å². The van der Waals surface area contributed by atoms with E-state index in [9.17, 15) is 9.18 Å². The minimum absolute atomic E-state index is 0.0312. The monoisotopic (exact) mass is 162 g/mol. The Hall–Kier alpha value is -0.680. The zero-order valence-electron chi connectivity index (χ0n) is 5.92. The number of carboxylic acids is 1. The van der Waals surface area contributed by atoms with Gasteiger partial charge in [-0.1, -0.05) is 0 Å². The first-order valence-electron chi connectivity index (χ1n) is 3.31. The molecule has 0 aromatic heterocycles. The quantitative estimate of drug-likeness (QED) is 0.546. The summed E-state index contributed by atoms with van der Waals surface area (Å²) in [7, 11) is 0. The molecule has 4 nitrogen and oxygen atoms in total. The number of hydrogen-bond donors (Lipinski definition) is 2. The van der Waals surface area contributed by atoms with E-state index in [-0.39, 0.29) is 19.6 Å². The van der Waals surface area contributed by atoms with Crippen LogP contribution in [0, 0.1) is 0 Å². The fourth-order valence-electron chi connectivity index (χ4n) is 0.974. The number of carbonyl (C=O) groups is 1. The standard InChI is InChI=1S/C6H10FNO3/c7-4-3-11-2-1-6(4,8)5(9)10/h4H,1-3,8H2,(H,9,10)/t4-,6-/m1/s1/i7-1. The second-order valence-electron chi connectivity index (χ2n) is 2.64. The Morgan fingerprint density at radius 3 is 2.82 bits per heavy atom. The first-order chi connectivity index (χ1) is 5.07. The lowest BCUT2D eigenvalue weighted by molar-refractivity contribution is -0.151. The van der Waals surface area contributed by atoms with Crippen LogP contribution in [0.5, 0.6) is 0 Å². The average molecular weight is 162 g/mol. The van der Waals surface area contributed by atoms with Gasteiger partial charge in [0.05, 0.1) is 6.61 Å². The average Bonchev–Trinajstić information content (AvgIpc) is 1.95. The van der Waals surface area contributed by atoms with E-state index in [0.29, 0.717) is 0 Å². The third-order valence-electron chi connectivity index (χ3n) is 1.88. The molecule has 5 heteroatoms. The molecule has 1 aliphatic heterocycles. The van der Waals surface area contributed by atoms with Gasteiger partial charge in [0.2, 0.25) is 0 Å². The van der Waals surface area contributed by atoms with Crippen molar-refractivity contribution >= 4 is 5.97 Å². The highest BCUT2D eigenvalue weighted by Gasteiger charge is 2.45. The molecule has 64 valence electrons. The predicted octanol–water partition coefficient (Wildman–Crippen LogP) is -0.473. The molecular weight excluding hydrogens is 152 g/mol. The van der Waals surface area contributed by atoms with Crippen molar-refractivity contribution < 1.29 is 19.0 Å². The van der Waals surface area contributed by atoms with Crippen molar-refractivity contribution in [3.8, 4) is 0 Å². The Balaban J connectivity index is 2.72. The zero-order valence-corrected chi connectivity index (χ0v) is 5.92. The van der Waals surface area contributed by atoms with Crippen molar-refractivity contribution in [3.05, 3.63) is 0 Å². The summed E-state index contributed by atoms with van der Waals surface area (Å²) in [5.74, 6) is -1.30. The molecule has 0 saturated carbocycles. The van der Waals surface area contributed by atoms with Crippen LogP contribution in [-0.4, -0.2) is 36.0 Å². The maximum Gasteiger partial charge on any atom is 0.326 e. The molecule has 11 heavy (non-hydrogen) atoms. The predicted molar refractivity (Wildman–Crippen MR) is 34.9 cm³/mol. The van der Waals surface area contributed by atoms with Crippen molar-refractivity contribution in [2.24, 2.45) is 5.73 Å². The topological polar surface area (TPSA) is 72.6 Å². The zero-order chi connectivity index (χ0) is 8.48. The van der Waals surface area contributed by atoms with Crippen LogP contribution in [0.3, 0.4) is 0 Å². The summed E-state index contributed by atoms with van der Waals surface area (Å²) < 4.78 is 17.6. The summed E-state index contributed by atoms with van der Waals surface area (Å²) in [5, 5.41) is 8.55. The van der Waals surface area contributed by atoms with E-state index in [1.54, 1.807) is 0 Å². The second kappa shape index (κ2) is 2.75. The number of rotatable bonds is 1. The third kappa shape index (κ3) is 1.34. The molecule has 2 atom stereocenters. The number of nitrogens with two attached hydrogens (primary N) is 1. The number of hydrogen-bond acceptors (Lipinski definition) is 3. The SMILES string of the molecule is N[C@]1(C(=O)O)CCOC[C@H]1[18F]. The van der Waals surface area contributed by atoms with Crippen LogP contribution in [0.2, 0.25) is 0 Å². The van der Waals surface area contributed by atoms with Gasteiger partial charge >= 0.3 is 5.97 Å². The minimum Gasteiger partial charge on any atom is -0.480 e. The summed E-state index contributed by atoms with van der Waals surface area (Å²) in [4.78, 5) is 10.5. The van der Waals surface area contributed by atoms with Crippen molar-refractivity contribution in [2.45, 2.75) is 18.1 Å². The molecule has 1 rings (SSSR count). The van der Waals surface area contributed by atoms with Crippen LogP contribution in [0.15, 0.2) is 0 Å². The fraction of sp³-hybridized carbons (Fsp3) is 0.833. The smallest absolute Gasteiger partial charge is 0.326 e. The van der Waals surface area contributed by atoms with Crippen LogP contribution in [-0.2, 0) is 9.53 Å². The maximum absolute atomic E-state index is 12.9. The Kier molecular flexibility index (Phi) is 2.10. The molecule has 1 aliphatic rings. The van der Waals surface area contributed by atoms with E-state index >= 15 is 0 Å². The van der Waals surface area contributed by atoms with Gasteiger partial charge in [-0.15, -0.1) is 0 Å². The molecule has 0 unspecified atom stereocenters. The van der Waals surface area contributed by atoms with E-state index in [2.05, 4.69) is 0 Å². The van der Waals surface area contributed by atoms with Gasteiger partial charge in [0.25, 0.3) is 0 Å². The number of ether oxygens (including phenoxy) is 1. The van der Waals surface area contributed by atoms with Gasteiger partial charge in [-0.05, 0) is 0 Å². The third-order valence-corrected chi connectivity index (χ3v) is 1.88. The lowest BCUT2D eigenvalue weighted by Crippen LogP contribution is -2.60. The molecule has 1 fully saturated rings. The van der Waals surface area contributed by atoms with Gasteiger partial charge in [0.15, 0.2) is 11.7 Å². The van der Waals surface area contributed by atoms with Crippen molar-refractivity contribution in [3.63, 3.8) is 0 Å². The van der Waals surface area contributed by atoms with Gasteiger partial charge in [-0.25, -0.2) is 4.39 Å². The highest BCUT2D eigenvalue weighted by molar-refractivity contribution is 5.79. The van der Waals surface area contributed by atoms with Crippen LogP contribution in [0.4, 0.5) is 4.39 Å². The molecular formula is C6H10FNO3. The van der Waals surface area contributed by atoms with Crippen molar-refractivity contribution in [1.82, 2.24) is 0 Å². The highest BCUT2D eigenvalue weighted by Crippen LogP contribution is 2.21. The van der Waals surface area contributed by atoms with Crippen molar-refractivity contribution in [2.75, 3.05) is 13.2 Å². The summed E-state index contributed by atoms with van der Waals surface area (Å²) in [5.41, 5.74) is 3.55. The Labute approximate surface area is 63.1 Å². The molecule has 0 bridgehead atoms. The highest BCUT2D eigenvalue weighted by atomic mass is 18.2. The van der Waals surface area contributed by atoms with E-state index in [4.69, 9.17) is 15.6 Å². The summed E-state index contributed by atoms with van der Waals surface area (Å²) >= 11 is 0. The van der Waals surface area contributed by atoms with Gasteiger partial charge in [0, 0.05) is 13.0 Å². The lowest BCUT2D eigenvalue weighted by Gasteiger charge is -2.32. The molecule has 0 aromatic carbocycles. The number of alkyl halides is 1. The molecule has 0 radical (unpaired) electrons. The Bertz CT molecular complexity index is 175. The number of aliphatic carboxylic acids is 1. The molecule has 0 spiro atoms. The van der Waals surface area contributed by atoms with Gasteiger partial charge in [-0.2, -0.15) is 0 Å². The molecule has 0 aromatic rings. The lowest BCUT2D eigenvalue weighted by atomic mass is 9.90. The van der Waals surface area contributed by atoms with Crippen LogP contribution >= 0.6 is 0 Å². The summed E-state index contributed by atoms with van der Waals surface area (Å²) in [6, 6.07) is 0. The first-order valence-corrected chi connectivity index (χ1v) is 3.31. The second-order valence-corrected chi connectivity index (χ2v) is 2.64. The van der Waals surface area contributed by atoms with Gasteiger partial charge < -0.3 is 15.6 Å². The van der Waals surface area contributed by atoms with Gasteiger partial charge in [0.1, 0.15) is 0 Å². The minimum atomic E-state index is -1.74. The van der Waals surface area contributed by atoms with Crippen LogP contribution < -0.4 is 5.73 Å². The maximum atomic E-state index is 12.9. The Morgan fingerprint density at radius 2 is 2.45 bits per heavy atom. The molecule has 1 saturated heterocycles. The fourth-order valence-corrected chi connectivity index (χ4v) is 0.974. The van der Waals surface area contributed by atoms with Crippen LogP contribution in [0.25, 0.3) is 0 Å². The summed E-state index contributed by atoms with van der Waals surface area (Å²) in [6.45, 7) is -0.00792. The molecule has 1 heterocycles. The normalized spacial score (nSPS) is 38.5. The number of halogens is 1. The summed E-state index contributed by atoms with van der Waals surface area (Å²) in [6.07, 6.45) is -1.57. The van der Waals surface area contributed by atoms with Crippen LogP contribution in [0.1, 0.15) is 6.42 Å². The first kappa shape index (κ1) is 8.42. The van der Waals surface area contributed by atoms with E-state index in [0.717, 1.165) is 0 Å². The van der Waals surface area contributed by atoms with Crippen molar-refractivity contribution in [1.29, 1.82) is 0 Å². The molecule has 0 amide bonds. The number of carboxylic acid groups (broad SMARTS) is 1. The Morgan fingerprint density at radius 1 is 1.82 bits per heavy atom. The van der Waals surface area contributed by atoms with E-state index < -0.39 is 17.7 Å². The molecule has 0 aliphatic carbocycles. The van der Waals surface area contributed by atoms with Gasteiger partial charge in [-0.3, -0.25) is 4.79 Å². The molecule has 3 N–H and O–H groups in total. The largest absolute Gasteiger partial charge is 0.480 e.